The first-order valence-electron chi connectivity index (χ1n) is 23.7. The summed E-state index contributed by atoms with van der Waals surface area (Å²) in [5.74, 6) is 0.876. The fourth-order valence-corrected chi connectivity index (χ4v) is 11.2. The van der Waals surface area contributed by atoms with E-state index < -0.39 is 0 Å². The summed E-state index contributed by atoms with van der Waals surface area (Å²) in [6.07, 6.45) is 27.3. The topological polar surface area (TPSA) is 6.48 Å². The van der Waals surface area contributed by atoms with Crippen LogP contribution in [0.15, 0.2) is 241 Å². The summed E-state index contributed by atoms with van der Waals surface area (Å²) >= 11 is 0. The van der Waals surface area contributed by atoms with E-state index in [-0.39, 0.29) is 0 Å². The van der Waals surface area contributed by atoms with Crippen molar-refractivity contribution in [2.24, 2.45) is 11.8 Å². The predicted molar refractivity (Wildman–Crippen MR) is 282 cm³/mol. The summed E-state index contributed by atoms with van der Waals surface area (Å²) in [6, 6.07) is 59.3. The molecule has 2 atom stereocenters. The number of hydrogen-bond acceptors (Lipinski definition) is 2. The molecule has 8 aromatic rings. The van der Waals surface area contributed by atoms with Crippen molar-refractivity contribution in [1.82, 2.24) is 0 Å². The second-order valence-corrected chi connectivity index (χ2v) is 18.6. The molecule has 12 rings (SSSR count). The smallest absolute Gasteiger partial charge is 0.0465 e. The third-order valence-electron chi connectivity index (χ3n) is 14.2. The van der Waals surface area contributed by atoms with E-state index in [0.29, 0.717) is 11.8 Å². The highest BCUT2D eigenvalue weighted by atomic mass is 15.2. The molecule has 0 amide bonds. The van der Waals surface area contributed by atoms with Crippen LogP contribution in [0.2, 0.25) is 0 Å². The zero-order valence-electron chi connectivity index (χ0n) is 37.7. The van der Waals surface area contributed by atoms with Crippen molar-refractivity contribution in [1.29, 1.82) is 0 Å². The van der Waals surface area contributed by atoms with Gasteiger partial charge in [0.1, 0.15) is 0 Å². The summed E-state index contributed by atoms with van der Waals surface area (Å²) < 4.78 is 0. The summed E-state index contributed by atoms with van der Waals surface area (Å²) in [4.78, 5) is 5.01. The molecule has 0 bridgehead atoms. The maximum Gasteiger partial charge on any atom is 0.0465 e. The van der Waals surface area contributed by atoms with Crippen LogP contribution in [-0.2, 0) is 0 Å². The lowest BCUT2D eigenvalue weighted by atomic mass is 9.82. The molecule has 0 aromatic heterocycles. The quantitative estimate of drug-likeness (QED) is 0.141. The Bertz CT molecular complexity index is 3430. The molecule has 4 aliphatic rings. The molecule has 0 saturated heterocycles. The van der Waals surface area contributed by atoms with E-state index in [9.17, 15) is 0 Å². The first-order chi connectivity index (χ1) is 32.5. The number of para-hydroxylation sites is 2. The summed E-state index contributed by atoms with van der Waals surface area (Å²) in [5.41, 5.74) is 17.6. The number of hydrogen-bond donors (Lipinski definition) is 0. The molecule has 8 aromatic carbocycles. The van der Waals surface area contributed by atoms with E-state index in [1.54, 1.807) is 0 Å². The molecule has 0 N–H and O–H groups in total. The zero-order valence-corrected chi connectivity index (χ0v) is 37.7. The molecule has 2 nitrogen and oxygen atoms in total. The lowest BCUT2D eigenvalue weighted by Gasteiger charge is -2.34. The molecule has 0 radical (unpaired) electrons. The second kappa shape index (κ2) is 16.7. The molecule has 0 saturated carbocycles. The number of fused-ring (bicyclic) bond motifs is 5. The second-order valence-electron chi connectivity index (χ2n) is 18.6. The lowest BCUT2D eigenvalue weighted by molar-refractivity contribution is 0.547. The fraction of sp³-hybridized carbons (Fsp3) is 0.125. The first kappa shape index (κ1) is 39.9. The van der Waals surface area contributed by atoms with Gasteiger partial charge in [-0.05, 0) is 178 Å². The SMILES string of the molecule is Cc1cc(C)cc(-c2c3ccc(N(C4=CC=C5C=CC=CC5C4)c4ccccc4)cc3c(-c3ccc4ccccc4c3)c3ccc(N(C4=CC=C5C=CCCC5C4)c4ccccc4)cc23)c1. The highest BCUT2D eigenvalue weighted by molar-refractivity contribution is 6.23. The number of aryl methyl sites for hydroxylation is 2. The molecule has 2 unspecified atom stereocenters. The van der Waals surface area contributed by atoms with Gasteiger partial charge in [-0.1, -0.05) is 163 Å². The van der Waals surface area contributed by atoms with Crippen LogP contribution in [0.25, 0.3) is 54.6 Å². The van der Waals surface area contributed by atoms with E-state index >= 15 is 0 Å². The van der Waals surface area contributed by atoms with E-state index in [4.69, 9.17) is 0 Å². The average molecular weight is 849 g/mol. The van der Waals surface area contributed by atoms with E-state index in [0.717, 1.165) is 30.6 Å². The van der Waals surface area contributed by atoms with Gasteiger partial charge in [0.15, 0.2) is 0 Å². The van der Waals surface area contributed by atoms with E-state index in [2.05, 4.69) is 242 Å². The van der Waals surface area contributed by atoms with Gasteiger partial charge in [-0.15, -0.1) is 0 Å². The Labute approximate surface area is 388 Å². The minimum atomic E-state index is 0.349. The summed E-state index contributed by atoms with van der Waals surface area (Å²) in [7, 11) is 0. The Morgan fingerprint density at radius 3 is 1.73 bits per heavy atom. The van der Waals surface area contributed by atoms with Gasteiger partial charge in [-0.2, -0.15) is 0 Å². The van der Waals surface area contributed by atoms with Gasteiger partial charge in [-0.25, -0.2) is 0 Å². The van der Waals surface area contributed by atoms with Crippen LogP contribution in [0.5, 0.6) is 0 Å². The molecule has 0 spiro atoms. The molecule has 0 fully saturated rings. The zero-order chi connectivity index (χ0) is 44.1. The lowest BCUT2D eigenvalue weighted by Crippen LogP contribution is -2.22. The molecule has 66 heavy (non-hydrogen) atoms. The summed E-state index contributed by atoms with van der Waals surface area (Å²) in [6.45, 7) is 4.46. The highest BCUT2D eigenvalue weighted by Gasteiger charge is 2.28. The number of benzene rings is 8. The molecule has 2 heteroatoms. The Hall–Kier alpha value is -7.68. The Morgan fingerprint density at radius 1 is 0.439 bits per heavy atom. The van der Waals surface area contributed by atoms with Crippen LogP contribution < -0.4 is 9.80 Å². The van der Waals surface area contributed by atoms with Crippen molar-refractivity contribution in [2.45, 2.75) is 39.5 Å². The number of rotatable bonds is 8. The number of allylic oxidation sites excluding steroid dienone is 14. The van der Waals surface area contributed by atoms with Crippen LogP contribution in [-0.4, -0.2) is 0 Å². The monoisotopic (exact) mass is 848 g/mol. The van der Waals surface area contributed by atoms with Crippen molar-refractivity contribution >= 4 is 55.1 Å². The van der Waals surface area contributed by atoms with Crippen LogP contribution in [0, 0.1) is 25.7 Å². The third-order valence-corrected chi connectivity index (χ3v) is 14.2. The number of nitrogens with zero attached hydrogens (tertiary/aromatic N) is 2. The molecular formula is C64H52N2. The fourth-order valence-electron chi connectivity index (χ4n) is 11.2. The van der Waals surface area contributed by atoms with Gasteiger partial charge in [0.05, 0.1) is 0 Å². The third kappa shape index (κ3) is 7.24. The van der Waals surface area contributed by atoms with E-state index in [1.807, 2.05) is 0 Å². The van der Waals surface area contributed by atoms with E-state index in [1.165, 1.54) is 106 Å². The normalized spacial score (nSPS) is 17.5. The molecule has 318 valence electrons. The van der Waals surface area contributed by atoms with Gasteiger partial charge in [-0.3, -0.25) is 0 Å². The molecule has 0 aliphatic heterocycles. The first-order valence-corrected chi connectivity index (χ1v) is 23.7. The van der Waals surface area contributed by atoms with Crippen LogP contribution in [0.3, 0.4) is 0 Å². The minimum Gasteiger partial charge on any atom is -0.314 e. The maximum absolute atomic E-state index is 2.52. The van der Waals surface area contributed by atoms with Gasteiger partial charge in [0.25, 0.3) is 0 Å². The van der Waals surface area contributed by atoms with Gasteiger partial charge in [0, 0.05) is 40.1 Å². The van der Waals surface area contributed by atoms with Crippen molar-refractivity contribution in [3.05, 3.63) is 252 Å². The van der Waals surface area contributed by atoms with Gasteiger partial charge < -0.3 is 9.80 Å². The maximum atomic E-state index is 2.52. The van der Waals surface area contributed by atoms with Crippen LogP contribution >= 0.6 is 0 Å². The van der Waals surface area contributed by atoms with Gasteiger partial charge >= 0.3 is 0 Å². The Kier molecular flexibility index (Phi) is 10.1. The molecule has 0 heterocycles. The van der Waals surface area contributed by atoms with Crippen LogP contribution in [0.1, 0.15) is 36.8 Å². The Morgan fingerprint density at radius 2 is 1.05 bits per heavy atom. The summed E-state index contributed by atoms with van der Waals surface area (Å²) in [5, 5.41) is 7.46. The molecular weight excluding hydrogens is 797 g/mol. The standard InChI is InChI=1S/C64H52N2/c1-43-35-44(2)37-52(36-43)64-60-34-32-57(65(53-21-5-3-6-22-53)55-29-27-46-16-10-13-19-49(46)39-55)41-61(60)63(51-26-25-45-15-9-12-18-48(45)38-51)59-33-31-58(42-62(59)64)66(54-23-7-4-8-24-54)56-30-28-47-17-11-14-20-50(47)40-56/h3-13,15-19,21-38,41-42,49-50H,14,20,39-40H2,1-2H3. The minimum absolute atomic E-state index is 0.349. The largest absolute Gasteiger partial charge is 0.314 e. The van der Waals surface area contributed by atoms with Crippen molar-refractivity contribution in [2.75, 3.05) is 9.80 Å². The highest BCUT2D eigenvalue weighted by Crippen LogP contribution is 2.49. The van der Waals surface area contributed by atoms with Crippen molar-refractivity contribution in [3.63, 3.8) is 0 Å². The number of anilines is 4. The average Bonchev–Trinajstić information content (AvgIpc) is 3.36. The Balaban J connectivity index is 1.15. The molecule has 4 aliphatic carbocycles. The van der Waals surface area contributed by atoms with Crippen LogP contribution in [0.4, 0.5) is 22.7 Å². The van der Waals surface area contributed by atoms with Crippen molar-refractivity contribution in [3.8, 4) is 22.3 Å². The van der Waals surface area contributed by atoms with Gasteiger partial charge in [0.2, 0.25) is 0 Å². The predicted octanol–water partition coefficient (Wildman–Crippen LogP) is 17.5. The van der Waals surface area contributed by atoms with Crippen molar-refractivity contribution < 1.29 is 0 Å².